The van der Waals surface area contributed by atoms with Crippen molar-refractivity contribution in [2.45, 2.75) is 32.1 Å². The highest BCUT2D eigenvalue weighted by atomic mass is 32.2. The molecule has 1 amide bonds. The number of piperazine rings is 1. The van der Waals surface area contributed by atoms with Gasteiger partial charge in [0.1, 0.15) is 0 Å². The Morgan fingerprint density at radius 3 is 2.30 bits per heavy atom. The number of hydrogen-bond acceptors (Lipinski definition) is 3. The lowest BCUT2D eigenvalue weighted by molar-refractivity contribution is -0.134. The summed E-state index contributed by atoms with van der Waals surface area (Å²) in [5.74, 6) is 0.845. The fraction of sp³-hybridized carbons (Fsp3) is 0.588. The molecule has 1 aromatic rings. The van der Waals surface area contributed by atoms with E-state index in [9.17, 15) is 13.2 Å². The SMILES string of the molecule is Cc1ccc(C)c(S(=O)(=O)N2CCN(C(=O)[C@H]3C[C@@H]3C)CC2)c1. The van der Waals surface area contributed by atoms with Crippen LogP contribution in [0.4, 0.5) is 0 Å². The van der Waals surface area contributed by atoms with Gasteiger partial charge >= 0.3 is 0 Å². The van der Waals surface area contributed by atoms with E-state index >= 15 is 0 Å². The number of amides is 1. The van der Waals surface area contributed by atoms with Crippen LogP contribution in [0.15, 0.2) is 23.1 Å². The van der Waals surface area contributed by atoms with Crippen molar-refractivity contribution in [2.75, 3.05) is 26.2 Å². The maximum Gasteiger partial charge on any atom is 0.243 e. The van der Waals surface area contributed by atoms with Crippen molar-refractivity contribution in [1.82, 2.24) is 9.21 Å². The van der Waals surface area contributed by atoms with Crippen LogP contribution in [-0.4, -0.2) is 49.7 Å². The van der Waals surface area contributed by atoms with Gasteiger partial charge in [0.05, 0.1) is 4.90 Å². The van der Waals surface area contributed by atoms with Crippen LogP contribution in [0.25, 0.3) is 0 Å². The Morgan fingerprint density at radius 1 is 1.13 bits per heavy atom. The summed E-state index contributed by atoms with van der Waals surface area (Å²) in [6, 6.07) is 5.49. The molecular formula is C17H24N2O3S. The topological polar surface area (TPSA) is 57.7 Å². The number of aryl methyl sites for hydroxylation is 2. The molecule has 1 heterocycles. The minimum Gasteiger partial charge on any atom is -0.340 e. The van der Waals surface area contributed by atoms with Crippen molar-refractivity contribution in [3.05, 3.63) is 29.3 Å². The summed E-state index contributed by atoms with van der Waals surface area (Å²) in [4.78, 5) is 14.5. The van der Waals surface area contributed by atoms with Gasteiger partial charge in [0, 0.05) is 32.1 Å². The highest BCUT2D eigenvalue weighted by Gasteiger charge is 2.42. The van der Waals surface area contributed by atoms with Crippen molar-refractivity contribution in [3.8, 4) is 0 Å². The third-order valence-corrected chi connectivity index (χ3v) is 6.98. The van der Waals surface area contributed by atoms with Gasteiger partial charge in [-0.2, -0.15) is 4.31 Å². The molecule has 0 bridgehead atoms. The summed E-state index contributed by atoms with van der Waals surface area (Å²) in [5, 5.41) is 0. The minimum absolute atomic E-state index is 0.164. The molecule has 0 radical (unpaired) electrons. The Labute approximate surface area is 138 Å². The van der Waals surface area contributed by atoms with Crippen LogP contribution in [0, 0.1) is 25.7 Å². The molecule has 0 aromatic heterocycles. The average molecular weight is 336 g/mol. The summed E-state index contributed by atoms with van der Waals surface area (Å²) in [6.45, 7) is 7.54. The fourth-order valence-corrected chi connectivity index (χ4v) is 4.91. The number of carbonyl (C=O) groups is 1. The van der Waals surface area contributed by atoms with Crippen LogP contribution in [0.3, 0.4) is 0 Å². The van der Waals surface area contributed by atoms with Gasteiger partial charge in [-0.1, -0.05) is 19.1 Å². The molecule has 1 aliphatic heterocycles. The number of hydrogen-bond donors (Lipinski definition) is 0. The summed E-state index contributed by atoms with van der Waals surface area (Å²) in [6.07, 6.45) is 0.972. The van der Waals surface area contributed by atoms with Gasteiger partial charge in [-0.05, 0) is 43.4 Å². The first-order valence-electron chi connectivity index (χ1n) is 8.17. The molecule has 1 saturated heterocycles. The first kappa shape index (κ1) is 16.5. The Hall–Kier alpha value is -1.40. The van der Waals surface area contributed by atoms with Crippen LogP contribution in [-0.2, 0) is 14.8 Å². The second-order valence-corrected chi connectivity index (χ2v) is 8.72. The Balaban J connectivity index is 1.71. The molecule has 126 valence electrons. The summed E-state index contributed by atoms with van der Waals surface area (Å²) in [7, 11) is -3.48. The zero-order chi connectivity index (χ0) is 16.8. The zero-order valence-electron chi connectivity index (χ0n) is 13.9. The number of carbonyl (C=O) groups excluding carboxylic acids is 1. The number of sulfonamides is 1. The van der Waals surface area contributed by atoms with Crippen molar-refractivity contribution in [3.63, 3.8) is 0 Å². The molecule has 2 aliphatic rings. The lowest BCUT2D eigenvalue weighted by atomic mass is 10.2. The van der Waals surface area contributed by atoms with Gasteiger partial charge in [-0.25, -0.2) is 8.42 Å². The maximum absolute atomic E-state index is 12.9. The number of benzene rings is 1. The van der Waals surface area contributed by atoms with Crippen LogP contribution in [0.1, 0.15) is 24.5 Å². The Morgan fingerprint density at radius 2 is 1.74 bits per heavy atom. The molecule has 3 rings (SSSR count). The molecule has 1 saturated carbocycles. The first-order valence-corrected chi connectivity index (χ1v) is 9.61. The maximum atomic E-state index is 12.9. The molecule has 23 heavy (non-hydrogen) atoms. The van der Waals surface area contributed by atoms with Crippen LogP contribution in [0.5, 0.6) is 0 Å². The van der Waals surface area contributed by atoms with Crippen molar-refractivity contribution in [1.29, 1.82) is 0 Å². The smallest absolute Gasteiger partial charge is 0.243 e. The Bertz CT molecular complexity index is 721. The third-order valence-electron chi connectivity index (χ3n) is 4.94. The van der Waals surface area contributed by atoms with E-state index in [0.29, 0.717) is 37.0 Å². The van der Waals surface area contributed by atoms with Gasteiger partial charge in [0.15, 0.2) is 0 Å². The summed E-state index contributed by atoms with van der Waals surface area (Å²) in [5.41, 5.74) is 1.70. The monoisotopic (exact) mass is 336 g/mol. The fourth-order valence-electron chi connectivity index (χ4n) is 3.17. The van der Waals surface area contributed by atoms with Gasteiger partial charge in [-0.3, -0.25) is 4.79 Å². The van der Waals surface area contributed by atoms with Crippen LogP contribution < -0.4 is 0 Å². The van der Waals surface area contributed by atoms with E-state index in [0.717, 1.165) is 17.5 Å². The molecule has 1 aliphatic carbocycles. The lowest BCUT2D eigenvalue weighted by Crippen LogP contribution is -2.51. The summed E-state index contributed by atoms with van der Waals surface area (Å²) >= 11 is 0. The van der Waals surface area contributed by atoms with E-state index in [1.54, 1.807) is 6.07 Å². The van der Waals surface area contributed by atoms with Crippen LogP contribution in [0.2, 0.25) is 0 Å². The minimum atomic E-state index is -3.48. The number of nitrogens with zero attached hydrogens (tertiary/aromatic N) is 2. The van der Waals surface area contributed by atoms with E-state index in [-0.39, 0.29) is 11.8 Å². The van der Waals surface area contributed by atoms with E-state index in [4.69, 9.17) is 0 Å². The van der Waals surface area contributed by atoms with E-state index in [2.05, 4.69) is 6.92 Å². The molecule has 5 nitrogen and oxygen atoms in total. The predicted octanol–water partition coefficient (Wildman–Crippen LogP) is 1.79. The van der Waals surface area contributed by atoms with Crippen LogP contribution >= 0.6 is 0 Å². The first-order chi connectivity index (χ1) is 10.8. The Kier molecular flexibility index (Phi) is 4.23. The largest absolute Gasteiger partial charge is 0.340 e. The third kappa shape index (κ3) is 3.15. The predicted molar refractivity (Wildman–Crippen MR) is 88.5 cm³/mol. The lowest BCUT2D eigenvalue weighted by Gasteiger charge is -2.34. The molecule has 6 heteroatoms. The summed E-state index contributed by atoms with van der Waals surface area (Å²) < 4.78 is 27.2. The normalized spacial score (nSPS) is 25.4. The van der Waals surface area contributed by atoms with Crippen molar-refractivity contribution >= 4 is 15.9 Å². The van der Waals surface area contributed by atoms with Gasteiger partial charge in [0.25, 0.3) is 0 Å². The average Bonchev–Trinajstić information content (AvgIpc) is 3.26. The van der Waals surface area contributed by atoms with E-state index in [1.807, 2.05) is 30.9 Å². The van der Waals surface area contributed by atoms with E-state index in [1.165, 1.54) is 4.31 Å². The molecular weight excluding hydrogens is 312 g/mol. The van der Waals surface area contributed by atoms with E-state index < -0.39 is 10.0 Å². The molecule has 2 atom stereocenters. The van der Waals surface area contributed by atoms with Crippen molar-refractivity contribution in [2.24, 2.45) is 11.8 Å². The van der Waals surface area contributed by atoms with Gasteiger partial charge < -0.3 is 4.90 Å². The zero-order valence-corrected chi connectivity index (χ0v) is 14.8. The highest BCUT2D eigenvalue weighted by Crippen LogP contribution is 2.39. The number of rotatable bonds is 3. The standard InChI is InChI=1S/C17H24N2O3S/c1-12-4-5-13(2)16(10-12)23(21,22)19-8-6-18(7-9-19)17(20)15-11-14(15)3/h4-5,10,14-15H,6-9,11H2,1-3H3/t14-,15-/m0/s1. The highest BCUT2D eigenvalue weighted by molar-refractivity contribution is 7.89. The molecule has 0 unspecified atom stereocenters. The molecule has 1 aromatic carbocycles. The second-order valence-electron chi connectivity index (χ2n) is 6.82. The quantitative estimate of drug-likeness (QED) is 0.846. The van der Waals surface area contributed by atoms with Crippen molar-refractivity contribution < 1.29 is 13.2 Å². The van der Waals surface area contributed by atoms with Gasteiger partial charge in [-0.15, -0.1) is 0 Å². The second kappa shape index (κ2) is 5.91. The molecule has 2 fully saturated rings. The molecule has 0 N–H and O–H groups in total. The molecule has 0 spiro atoms. The van der Waals surface area contributed by atoms with Gasteiger partial charge in [0.2, 0.25) is 15.9 Å².